The summed E-state index contributed by atoms with van der Waals surface area (Å²) in [7, 11) is 0. The van der Waals surface area contributed by atoms with Crippen molar-refractivity contribution in [3.05, 3.63) is 33.9 Å². The van der Waals surface area contributed by atoms with E-state index in [1.807, 2.05) is 6.92 Å². The molecule has 5 heteroatoms. The third-order valence-corrected chi connectivity index (χ3v) is 2.61. The Morgan fingerprint density at radius 3 is 2.76 bits per heavy atom. The maximum absolute atomic E-state index is 10.8. The molecular formula is C12H16ClNO3. The fourth-order valence-corrected chi connectivity index (χ4v) is 1.63. The predicted octanol–water partition coefficient (Wildman–Crippen LogP) is 3.69. The first-order valence-corrected chi connectivity index (χ1v) is 6.12. The largest absolute Gasteiger partial charge is 0.487 e. The molecule has 0 radical (unpaired) electrons. The number of alkyl halides is 1. The van der Waals surface area contributed by atoms with Crippen LogP contribution >= 0.6 is 11.6 Å². The van der Waals surface area contributed by atoms with Crippen molar-refractivity contribution in [1.29, 1.82) is 0 Å². The average Bonchev–Trinajstić information content (AvgIpc) is 2.28. The van der Waals surface area contributed by atoms with Crippen molar-refractivity contribution in [2.24, 2.45) is 0 Å². The van der Waals surface area contributed by atoms with Gasteiger partial charge >= 0.3 is 5.69 Å². The van der Waals surface area contributed by atoms with Crippen LogP contribution in [-0.2, 0) is 0 Å². The Morgan fingerprint density at radius 1 is 1.35 bits per heavy atom. The second-order valence-electron chi connectivity index (χ2n) is 3.83. The van der Waals surface area contributed by atoms with E-state index < -0.39 is 4.92 Å². The van der Waals surface area contributed by atoms with Crippen molar-refractivity contribution in [1.82, 2.24) is 0 Å². The van der Waals surface area contributed by atoms with Crippen LogP contribution < -0.4 is 4.74 Å². The highest BCUT2D eigenvalue weighted by Gasteiger charge is 2.14. The molecule has 0 aliphatic rings. The highest BCUT2D eigenvalue weighted by Crippen LogP contribution is 2.27. The van der Waals surface area contributed by atoms with Crippen LogP contribution in [0.2, 0.25) is 0 Å². The third-order valence-electron chi connectivity index (χ3n) is 2.35. The van der Waals surface area contributed by atoms with E-state index in [2.05, 4.69) is 0 Å². The molecule has 1 rings (SSSR count). The molecule has 0 spiro atoms. The summed E-state index contributed by atoms with van der Waals surface area (Å²) in [6.07, 6.45) is 2.78. The van der Waals surface area contributed by atoms with Crippen LogP contribution in [0.3, 0.4) is 0 Å². The highest BCUT2D eigenvalue weighted by atomic mass is 35.5. The number of hydrogen-bond acceptors (Lipinski definition) is 3. The lowest BCUT2D eigenvalue weighted by molar-refractivity contribution is -0.385. The van der Waals surface area contributed by atoms with E-state index in [0.29, 0.717) is 18.2 Å². The monoisotopic (exact) mass is 257 g/mol. The third kappa shape index (κ3) is 4.61. The number of nitro groups is 1. The van der Waals surface area contributed by atoms with Gasteiger partial charge in [-0.05, 0) is 37.8 Å². The zero-order chi connectivity index (χ0) is 12.7. The smallest absolute Gasteiger partial charge is 0.310 e. The Kier molecular flexibility index (Phi) is 5.77. The number of hydrogen-bond donors (Lipinski definition) is 0. The quantitative estimate of drug-likeness (QED) is 0.324. The summed E-state index contributed by atoms with van der Waals surface area (Å²) in [5.41, 5.74) is 0.972. The number of rotatable bonds is 7. The van der Waals surface area contributed by atoms with Gasteiger partial charge in [0.05, 0.1) is 11.5 Å². The molecule has 0 unspecified atom stereocenters. The summed E-state index contributed by atoms with van der Waals surface area (Å²) in [5, 5.41) is 10.8. The minimum atomic E-state index is -0.423. The fraction of sp³-hybridized carbons (Fsp3) is 0.500. The molecule has 0 saturated carbocycles. The summed E-state index contributed by atoms with van der Waals surface area (Å²) in [5.74, 6) is 0.991. The number of halogens is 1. The van der Waals surface area contributed by atoms with Crippen molar-refractivity contribution in [3.63, 3.8) is 0 Å². The summed E-state index contributed by atoms with van der Waals surface area (Å²) in [4.78, 5) is 10.4. The Balaban J connectivity index is 2.56. The molecule has 0 bridgehead atoms. The zero-order valence-corrected chi connectivity index (χ0v) is 10.6. The van der Waals surface area contributed by atoms with Crippen molar-refractivity contribution in [2.45, 2.75) is 26.2 Å². The van der Waals surface area contributed by atoms with Gasteiger partial charge in [0.15, 0.2) is 5.75 Å². The molecule has 0 saturated heterocycles. The van der Waals surface area contributed by atoms with Gasteiger partial charge in [0.1, 0.15) is 0 Å². The van der Waals surface area contributed by atoms with Gasteiger partial charge in [-0.15, -0.1) is 11.6 Å². The number of nitrogens with zero attached hydrogens (tertiary/aromatic N) is 1. The first-order chi connectivity index (χ1) is 8.15. The number of aryl methyl sites for hydroxylation is 1. The van der Waals surface area contributed by atoms with Gasteiger partial charge in [0.25, 0.3) is 0 Å². The molecule has 4 nitrogen and oxygen atoms in total. The predicted molar refractivity (Wildman–Crippen MR) is 67.9 cm³/mol. The van der Waals surface area contributed by atoms with Crippen LogP contribution in [0.5, 0.6) is 5.75 Å². The van der Waals surface area contributed by atoms with Crippen LogP contribution in [-0.4, -0.2) is 17.4 Å². The topological polar surface area (TPSA) is 52.4 Å². The number of benzene rings is 1. The van der Waals surface area contributed by atoms with Gasteiger partial charge < -0.3 is 4.74 Å². The molecule has 17 heavy (non-hydrogen) atoms. The highest BCUT2D eigenvalue weighted by molar-refractivity contribution is 6.17. The SMILES string of the molecule is Cc1ccc([N+](=O)[O-])c(OCCCCCCl)c1. The normalized spacial score (nSPS) is 10.2. The molecule has 1 aromatic carbocycles. The summed E-state index contributed by atoms with van der Waals surface area (Å²) in [6, 6.07) is 4.88. The second kappa shape index (κ2) is 7.12. The molecule has 0 fully saturated rings. The fourth-order valence-electron chi connectivity index (χ4n) is 1.44. The van der Waals surface area contributed by atoms with Crippen LogP contribution in [0, 0.1) is 17.0 Å². The van der Waals surface area contributed by atoms with Crippen LogP contribution in [0.4, 0.5) is 5.69 Å². The Morgan fingerprint density at radius 2 is 2.12 bits per heavy atom. The van der Waals surface area contributed by atoms with Gasteiger partial charge in [-0.3, -0.25) is 10.1 Å². The maximum atomic E-state index is 10.8. The van der Waals surface area contributed by atoms with E-state index in [0.717, 1.165) is 24.8 Å². The van der Waals surface area contributed by atoms with Crippen LogP contribution in [0.1, 0.15) is 24.8 Å². The lowest BCUT2D eigenvalue weighted by Crippen LogP contribution is -2.01. The summed E-state index contributed by atoms with van der Waals surface area (Å²) >= 11 is 5.55. The van der Waals surface area contributed by atoms with Crippen molar-refractivity contribution in [2.75, 3.05) is 12.5 Å². The van der Waals surface area contributed by atoms with Crippen molar-refractivity contribution >= 4 is 17.3 Å². The van der Waals surface area contributed by atoms with Crippen LogP contribution in [0.15, 0.2) is 18.2 Å². The van der Waals surface area contributed by atoms with Gasteiger partial charge in [0.2, 0.25) is 0 Å². The second-order valence-corrected chi connectivity index (χ2v) is 4.20. The zero-order valence-electron chi connectivity index (χ0n) is 9.82. The molecule has 94 valence electrons. The molecule has 0 N–H and O–H groups in total. The average molecular weight is 258 g/mol. The van der Waals surface area contributed by atoms with E-state index in [1.54, 1.807) is 12.1 Å². The molecule has 0 heterocycles. The Hall–Kier alpha value is -1.29. The summed E-state index contributed by atoms with van der Waals surface area (Å²) < 4.78 is 5.44. The molecule has 0 aliphatic heterocycles. The minimum Gasteiger partial charge on any atom is -0.487 e. The molecule has 1 aromatic rings. The van der Waals surface area contributed by atoms with Crippen molar-refractivity contribution < 1.29 is 9.66 Å². The lowest BCUT2D eigenvalue weighted by atomic mass is 10.2. The molecule has 0 aliphatic carbocycles. The number of ether oxygens (including phenoxy) is 1. The molecule has 0 atom stereocenters. The van der Waals surface area contributed by atoms with Gasteiger partial charge in [0, 0.05) is 11.9 Å². The standard InChI is InChI=1S/C12H16ClNO3/c1-10-5-6-11(14(15)16)12(9-10)17-8-4-2-3-7-13/h5-6,9H,2-4,7-8H2,1H3. The molecule has 0 amide bonds. The lowest BCUT2D eigenvalue weighted by Gasteiger charge is -2.07. The van der Waals surface area contributed by atoms with Gasteiger partial charge in [-0.2, -0.15) is 0 Å². The molecular weight excluding hydrogens is 242 g/mol. The van der Waals surface area contributed by atoms with Gasteiger partial charge in [-0.1, -0.05) is 6.07 Å². The maximum Gasteiger partial charge on any atom is 0.310 e. The van der Waals surface area contributed by atoms with E-state index in [4.69, 9.17) is 16.3 Å². The van der Waals surface area contributed by atoms with E-state index in [9.17, 15) is 10.1 Å². The first kappa shape index (κ1) is 13.8. The van der Waals surface area contributed by atoms with E-state index in [1.165, 1.54) is 6.07 Å². The van der Waals surface area contributed by atoms with E-state index in [-0.39, 0.29) is 5.69 Å². The van der Waals surface area contributed by atoms with Gasteiger partial charge in [-0.25, -0.2) is 0 Å². The van der Waals surface area contributed by atoms with Crippen molar-refractivity contribution in [3.8, 4) is 5.75 Å². The number of unbranched alkanes of at least 4 members (excludes halogenated alkanes) is 2. The Bertz CT molecular complexity index is 382. The summed E-state index contributed by atoms with van der Waals surface area (Å²) in [6.45, 7) is 2.37. The molecule has 0 aromatic heterocycles. The minimum absolute atomic E-state index is 0.0212. The first-order valence-electron chi connectivity index (χ1n) is 5.59. The van der Waals surface area contributed by atoms with E-state index >= 15 is 0 Å². The number of nitro benzene ring substituents is 1. The van der Waals surface area contributed by atoms with Crippen LogP contribution in [0.25, 0.3) is 0 Å². The Labute approximate surface area is 106 Å².